The van der Waals surface area contributed by atoms with Crippen LogP contribution in [0.15, 0.2) is 24.3 Å². The van der Waals surface area contributed by atoms with Crippen LogP contribution in [-0.2, 0) is 37.0 Å². The lowest BCUT2D eigenvalue weighted by atomic mass is 10.1. The number of hydrogen-bond acceptors (Lipinski definition) is 5. The Bertz CT molecular complexity index is 534. The van der Waals surface area contributed by atoms with Gasteiger partial charge in [0.25, 0.3) is 0 Å². The molecule has 0 N–H and O–H groups in total. The second-order valence-electron chi connectivity index (χ2n) is 5.82. The summed E-state index contributed by atoms with van der Waals surface area (Å²) >= 11 is 0. The van der Waals surface area contributed by atoms with Gasteiger partial charge in [0.15, 0.2) is 0 Å². The van der Waals surface area contributed by atoms with E-state index in [0.717, 1.165) is 24.0 Å². The van der Waals surface area contributed by atoms with Gasteiger partial charge in [0.05, 0.1) is 19.8 Å². The number of hydrogen-bond donors (Lipinski definition) is 0. The molecule has 0 amide bonds. The molecule has 1 aliphatic rings. The lowest BCUT2D eigenvalue weighted by molar-refractivity contribution is -0.144. The first-order chi connectivity index (χ1) is 10.5. The maximum absolute atomic E-state index is 10.9. The Balaban J connectivity index is 1.81. The van der Waals surface area contributed by atoms with Crippen LogP contribution < -0.4 is 0 Å². The van der Waals surface area contributed by atoms with Crippen LogP contribution in [0.5, 0.6) is 0 Å². The minimum atomic E-state index is -0.297. The molecule has 0 aliphatic heterocycles. The van der Waals surface area contributed by atoms with Crippen LogP contribution in [0.4, 0.5) is 0 Å². The van der Waals surface area contributed by atoms with Crippen LogP contribution in [0.25, 0.3) is 0 Å². The third kappa shape index (κ3) is 5.15. The molecule has 120 valence electrons. The molecule has 1 aliphatic carbocycles. The van der Waals surface area contributed by atoms with E-state index in [1.165, 1.54) is 13.8 Å². The fraction of sp³-hybridized carbons (Fsp3) is 0.529. The smallest absolute Gasteiger partial charge is 0.302 e. The van der Waals surface area contributed by atoms with Gasteiger partial charge in [-0.1, -0.05) is 24.3 Å². The summed E-state index contributed by atoms with van der Waals surface area (Å²) < 4.78 is 15.9. The Hall–Kier alpha value is -1.88. The summed E-state index contributed by atoms with van der Waals surface area (Å²) in [6, 6.07) is 7.73. The molecule has 1 aromatic rings. The van der Waals surface area contributed by atoms with Crippen molar-refractivity contribution in [2.24, 2.45) is 5.41 Å². The standard InChI is InChI=1S/C17H22O5/c1-13(18)21-10-16-6-4-3-5-15(16)9-20-11-17(7-8-17)12-22-14(2)19/h3-6H,7-12H2,1-2H3. The van der Waals surface area contributed by atoms with Gasteiger partial charge in [-0.05, 0) is 24.0 Å². The third-order valence-corrected chi connectivity index (χ3v) is 3.75. The molecule has 0 radical (unpaired) electrons. The van der Waals surface area contributed by atoms with Crippen LogP contribution in [0.1, 0.15) is 37.8 Å². The van der Waals surface area contributed by atoms with Gasteiger partial charge in [0.2, 0.25) is 0 Å². The maximum Gasteiger partial charge on any atom is 0.302 e. The van der Waals surface area contributed by atoms with E-state index in [4.69, 9.17) is 14.2 Å². The first-order valence-corrected chi connectivity index (χ1v) is 7.42. The van der Waals surface area contributed by atoms with Gasteiger partial charge in [-0.3, -0.25) is 9.59 Å². The summed E-state index contributed by atoms with van der Waals surface area (Å²) in [5.41, 5.74) is 1.95. The Morgan fingerprint density at radius 1 is 0.955 bits per heavy atom. The molecule has 5 nitrogen and oxygen atoms in total. The number of carbonyl (C=O) groups excluding carboxylic acids is 2. The zero-order chi connectivity index (χ0) is 16.0. The largest absolute Gasteiger partial charge is 0.465 e. The van der Waals surface area contributed by atoms with Crippen molar-refractivity contribution in [3.63, 3.8) is 0 Å². The van der Waals surface area contributed by atoms with Crippen molar-refractivity contribution in [2.75, 3.05) is 13.2 Å². The van der Waals surface area contributed by atoms with Gasteiger partial charge >= 0.3 is 11.9 Å². The Labute approximate surface area is 130 Å². The van der Waals surface area contributed by atoms with E-state index in [0.29, 0.717) is 19.8 Å². The molecule has 5 heteroatoms. The number of rotatable bonds is 8. The highest BCUT2D eigenvalue weighted by Gasteiger charge is 2.44. The maximum atomic E-state index is 10.9. The van der Waals surface area contributed by atoms with Crippen molar-refractivity contribution < 1.29 is 23.8 Å². The lowest BCUT2D eigenvalue weighted by Crippen LogP contribution is -2.19. The van der Waals surface area contributed by atoms with E-state index in [9.17, 15) is 9.59 Å². The summed E-state index contributed by atoms with van der Waals surface area (Å²) in [7, 11) is 0. The van der Waals surface area contributed by atoms with E-state index in [1.807, 2.05) is 24.3 Å². The second-order valence-corrected chi connectivity index (χ2v) is 5.82. The number of ether oxygens (including phenoxy) is 3. The predicted octanol–water partition coefficient (Wildman–Crippen LogP) is 2.61. The van der Waals surface area contributed by atoms with Crippen molar-refractivity contribution >= 4 is 11.9 Å². The van der Waals surface area contributed by atoms with Crippen LogP contribution in [0, 0.1) is 5.41 Å². The molecule has 22 heavy (non-hydrogen) atoms. The fourth-order valence-corrected chi connectivity index (χ4v) is 2.16. The normalized spacial score (nSPS) is 15.2. The van der Waals surface area contributed by atoms with Crippen molar-refractivity contribution in [1.82, 2.24) is 0 Å². The molecular formula is C17H22O5. The Kier molecular flexibility index (Phi) is 5.55. The summed E-state index contributed by atoms with van der Waals surface area (Å²) in [4.78, 5) is 21.8. The van der Waals surface area contributed by atoms with Crippen LogP contribution in [0.2, 0.25) is 0 Å². The predicted molar refractivity (Wildman–Crippen MR) is 79.9 cm³/mol. The minimum absolute atomic E-state index is 0.00347. The highest BCUT2D eigenvalue weighted by molar-refractivity contribution is 5.66. The fourth-order valence-electron chi connectivity index (χ4n) is 2.16. The van der Waals surface area contributed by atoms with Gasteiger partial charge in [-0.2, -0.15) is 0 Å². The number of benzene rings is 1. The van der Waals surface area contributed by atoms with Gasteiger partial charge in [-0.25, -0.2) is 0 Å². The quantitative estimate of drug-likeness (QED) is 0.691. The van der Waals surface area contributed by atoms with Gasteiger partial charge < -0.3 is 14.2 Å². The number of esters is 2. The Morgan fingerprint density at radius 3 is 2.09 bits per heavy atom. The molecule has 2 rings (SSSR count). The molecule has 1 saturated carbocycles. The van der Waals surface area contributed by atoms with E-state index in [2.05, 4.69) is 0 Å². The summed E-state index contributed by atoms with van der Waals surface area (Å²) in [5.74, 6) is -0.549. The second kappa shape index (κ2) is 7.40. The van der Waals surface area contributed by atoms with E-state index < -0.39 is 0 Å². The first kappa shape index (κ1) is 16.5. The zero-order valence-electron chi connectivity index (χ0n) is 13.1. The lowest BCUT2D eigenvalue weighted by Gasteiger charge is -2.16. The molecule has 0 aromatic heterocycles. The Morgan fingerprint density at radius 2 is 1.55 bits per heavy atom. The SMILES string of the molecule is CC(=O)OCc1ccccc1COCC1(COC(C)=O)CC1. The number of carbonyl (C=O) groups is 2. The third-order valence-electron chi connectivity index (χ3n) is 3.75. The van der Waals surface area contributed by atoms with Crippen molar-refractivity contribution in [3.05, 3.63) is 35.4 Å². The van der Waals surface area contributed by atoms with Gasteiger partial charge in [0, 0.05) is 19.3 Å². The van der Waals surface area contributed by atoms with Crippen molar-refractivity contribution in [1.29, 1.82) is 0 Å². The molecule has 0 atom stereocenters. The van der Waals surface area contributed by atoms with Crippen molar-refractivity contribution in [3.8, 4) is 0 Å². The van der Waals surface area contributed by atoms with Crippen LogP contribution in [-0.4, -0.2) is 25.2 Å². The van der Waals surface area contributed by atoms with Gasteiger partial charge in [-0.15, -0.1) is 0 Å². The van der Waals surface area contributed by atoms with E-state index in [1.54, 1.807) is 0 Å². The summed E-state index contributed by atoms with van der Waals surface area (Å²) in [6.07, 6.45) is 2.05. The van der Waals surface area contributed by atoms with E-state index >= 15 is 0 Å². The van der Waals surface area contributed by atoms with Gasteiger partial charge in [0.1, 0.15) is 6.61 Å². The highest BCUT2D eigenvalue weighted by Crippen LogP contribution is 2.46. The molecule has 0 heterocycles. The average Bonchev–Trinajstić information content (AvgIpc) is 3.24. The molecule has 1 fully saturated rings. The summed E-state index contributed by atoms with van der Waals surface area (Å²) in [5, 5.41) is 0. The van der Waals surface area contributed by atoms with Crippen LogP contribution in [0.3, 0.4) is 0 Å². The molecule has 0 spiro atoms. The minimum Gasteiger partial charge on any atom is -0.465 e. The van der Waals surface area contributed by atoms with E-state index in [-0.39, 0.29) is 24.0 Å². The molecule has 0 saturated heterocycles. The molecular weight excluding hydrogens is 284 g/mol. The molecule has 0 unspecified atom stereocenters. The monoisotopic (exact) mass is 306 g/mol. The topological polar surface area (TPSA) is 61.8 Å². The van der Waals surface area contributed by atoms with Crippen molar-refractivity contribution in [2.45, 2.75) is 39.9 Å². The molecule has 1 aromatic carbocycles. The zero-order valence-corrected chi connectivity index (χ0v) is 13.1. The first-order valence-electron chi connectivity index (χ1n) is 7.42. The summed E-state index contributed by atoms with van der Waals surface area (Å²) in [6.45, 7) is 4.53. The van der Waals surface area contributed by atoms with Crippen LogP contribution >= 0.6 is 0 Å². The molecule has 0 bridgehead atoms. The highest BCUT2D eigenvalue weighted by atomic mass is 16.5. The average molecular weight is 306 g/mol.